The lowest BCUT2D eigenvalue weighted by atomic mass is 10.1. The highest BCUT2D eigenvalue weighted by atomic mass is 31.2. The van der Waals surface area contributed by atoms with Crippen molar-refractivity contribution in [1.82, 2.24) is 19.5 Å². The van der Waals surface area contributed by atoms with Crippen LogP contribution in [0.15, 0.2) is 134 Å². The van der Waals surface area contributed by atoms with E-state index >= 15 is 0 Å². The molecule has 0 aliphatic rings. The molecule has 4 aromatic carbocycles. The quantitative estimate of drug-likeness (QED) is 0.0618. The maximum Gasteiger partial charge on any atom is 0.475 e. The molecule has 0 saturated carbocycles. The molecule has 0 atom stereocenters. The van der Waals surface area contributed by atoms with Crippen LogP contribution in [0.25, 0.3) is 11.2 Å². The van der Waals surface area contributed by atoms with Crippen molar-refractivity contribution in [3.05, 3.63) is 156 Å². The average molecular weight is 786 g/mol. The summed E-state index contributed by atoms with van der Waals surface area (Å²) in [5.74, 6) is 0.187. The van der Waals surface area contributed by atoms with Gasteiger partial charge in [0.05, 0.1) is 46.0 Å². The van der Waals surface area contributed by atoms with Gasteiger partial charge in [-0.25, -0.2) is 24.1 Å². The summed E-state index contributed by atoms with van der Waals surface area (Å²) >= 11 is 0. The first-order valence-electron chi connectivity index (χ1n) is 18.0. The molecule has 55 heavy (non-hydrogen) atoms. The molecule has 0 spiro atoms. The fraction of sp³-hybridized carbons (Fsp3) is 0.275. The minimum Gasteiger partial charge on any atom is -0.371 e. The highest BCUT2D eigenvalue weighted by molar-refractivity contribution is 7.48. The summed E-state index contributed by atoms with van der Waals surface area (Å²) in [5, 5.41) is 3.04. The molecule has 0 bridgehead atoms. The summed E-state index contributed by atoms with van der Waals surface area (Å²) in [4.78, 5) is 13.2. The zero-order valence-electron chi connectivity index (χ0n) is 30.6. The van der Waals surface area contributed by atoms with Crippen LogP contribution in [0, 0.1) is 5.92 Å². The van der Waals surface area contributed by atoms with Gasteiger partial charge in [0, 0.05) is 19.5 Å². The fourth-order valence-corrected chi connectivity index (χ4v) is 7.98. The van der Waals surface area contributed by atoms with E-state index in [1.165, 1.54) is 6.33 Å². The van der Waals surface area contributed by atoms with E-state index in [4.69, 9.17) is 27.1 Å². The van der Waals surface area contributed by atoms with Gasteiger partial charge in [0.2, 0.25) is 0 Å². The van der Waals surface area contributed by atoms with Crippen LogP contribution < -0.4 is 5.32 Å². The molecular weight excluding hydrogens is 740 g/mol. The third-order valence-corrected chi connectivity index (χ3v) is 11.2. The van der Waals surface area contributed by atoms with Crippen LogP contribution in [0.4, 0.5) is 5.82 Å². The summed E-state index contributed by atoms with van der Waals surface area (Å²) in [5.41, 5.74) is 4.56. The second kappa shape index (κ2) is 20.4. The Morgan fingerprint density at radius 1 is 0.582 bits per heavy atom. The smallest absolute Gasteiger partial charge is 0.371 e. The van der Waals surface area contributed by atoms with Crippen LogP contribution in [0.5, 0.6) is 0 Å². The number of phosphoric ester groups is 2. The zero-order chi connectivity index (χ0) is 38.2. The Morgan fingerprint density at radius 2 is 1.00 bits per heavy atom. The molecule has 15 heteroatoms. The Hall–Kier alpha value is -4.55. The number of rotatable bonds is 23. The van der Waals surface area contributed by atoms with Crippen molar-refractivity contribution in [2.75, 3.05) is 25.6 Å². The van der Waals surface area contributed by atoms with Crippen molar-refractivity contribution in [1.29, 1.82) is 0 Å². The molecule has 2 aromatic heterocycles. The highest BCUT2D eigenvalue weighted by Gasteiger charge is 2.32. The normalized spacial score (nSPS) is 12.0. The molecular formula is C40H45N5O8P2. The molecule has 0 aliphatic carbocycles. The highest BCUT2D eigenvalue weighted by Crippen LogP contribution is 2.53. The molecule has 0 fully saturated rings. The van der Waals surface area contributed by atoms with Gasteiger partial charge in [-0.05, 0) is 35.1 Å². The van der Waals surface area contributed by atoms with Crippen LogP contribution in [-0.4, -0.2) is 39.8 Å². The molecule has 0 unspecified atom stereocenters. The van der Waals surface area contributed by atoms with Gasteiger partial charge in [0.25, 0.3) is 0 Å². The number of nitrogens with one attached hydrogen (secondary N) is 1. The molecule has 2 heterocycles. The molecule has 0 aliphatic heterocycles. The van der Waals surface area contributed by atoms with Gasteiger partial charge in [0.1, 0.15) is 11.8 Å². The van der Waals surface area contributed by atoms with Gasteiger partial charge in [-0.2, -0.15) is 0 Å². The van der Waals surface area contributed by atoms with E-state index in [1.54, 1.807) is 13.4 Å². The summed E-state index contributed by atoms with van der Waals surface area (Å²) in [7, 11) is -6.46. The maximum atomic E-state index is 14.2. The van der Waals surface area contributed by atoms with Crippen molar-refractivity contribution in [2.45, 2.75) is 45.8 Å². The predicted octanol–water partition coefficient (Wildman–Crippen LogP) is 9.38. The van der Waals surface area contributed by atoms with E-state index in [0.29, 0.717) is 36.4 Å². The van der Waals surface area contributed by atoms with Crippen molar-refractivity contribution in [3.63, 3.8) is 0 Å². The van der Waals surface area contributed by atoms with E-state index < -0.39 is 21.6 Å². The van der Waals surface area contributed by atoms with E-state index in [1.807, 2.05) is 126 Å². The molecule has 6 aromatic rings. The molecule has 6 rings (SSSR count). The third-order valence-electron chi connectivity index (χ3n) is 8.51. The minimum atomic E-state index is -4.12. The first-order chi connectivity index (χ1) is 26.9. The number of anilines is 1. The monoisotopic (exact) mass is 785 g/mol. The first-order valence-corrected chi connectivity index (χ1v) is 20.9. The third kappa shape index (κ3) is 12.5. The van der Waals surface area contributed by atoms with E-state index in [0.717, 1.165) is 22.3 Å². The summed E-state index contributed by atoms with van der Waals surface area (Å²) in [6, 6.07) is 37.5. The minimum absolute atomic E-state index is 0.00803. The Balaban J connectivity index is 1.18. The Kier molecular flexibility index (Phi) is 14.9. The second-order valence-corrected chi connectivity index (χ2v) is 16.0. The van der Waals surface area contributed by atoms with Gasteiger partial charge >= 0.3 is 15.6 Å². The van der Waals surface area contributed by atoms with Crippen LogP contribution in [-0.2, 0) is 69.2 Å². The Morgan fingerprint density at radius 3 is 1.40 bits per heavy atom. The maximum absolute atomic E-state index is 14.2. The summed E-state index contributed by atoms with van der Waals surface area (Å²) < 4.78 is 66.0. The van der Waals surface area contributed by atoms with Gasteiger partial charge in [-0.3, -0.25) is 27.1 Å². The average Bonchev–Trinajstić information content (AvgIpc) is 3.66. The van der Waals surface area contributed by atoms with E-state index in [9.17, 15) is 9.13 Å². The number of fused-ring (bicyclic) bond motifs is 1. The van der Waals surface area contributed by atoms with Crippen LogP contribution in [0.1, 0.15) is 35.1 Å². The van der Waals surface area contributed by atoms with Crippen molar-refractivity contribution in [2.24, 2.45) is 5.92 Å². The van der Waals surface area contributed by atoms with Crippen molar-refractivity contribution >= 4 is 32.6 Å². The fourth-order valence-electron chi connectivity index (χ4n) is 5.52. The van der Waals surface area contributed by atoms with E-state index in [-0.39, 0.29) is 39.6 Å². The molecule has 0 radical (unpaired) electrons. The number of hydrogen-bond acceptors (Lipinski definition) is 12. The van der Waals surface area contributed by atoms with Gasteiger partial charge in [0.15, 0.2) is 11.5 Å². The number of aromatic nitrogens is 4. The SMILES string of the molecule is CNc1ncnc2c1ncn2CCCC(COP(=O)(OCc1ccccc1)OCc1ccccc1)COP(=O)(OCc1ccccc1)OCc1ccccc1. The predicted molar refractivity (Wildman–Crippen MR) is 210 cm³/mol. The number of nitrogens with zero attached hydrogens (tertiary/aromatic N) is 4. The van der Waals surface area contributed by atoms with Gasteiger partial charge in [-0.15, -0.1) is 0 Å². The lowest BCUT2D eigenvalue weighted by Crippen LogP contribution is -2.18. The molecule has 13 nitrogen and oxygen atoms in total. The van der Waals surface area contributed by atoms with Crippen molar-refractivity contribution < 1.29 is 36.3 Å². The molecule has 288 valence electrons. The largest absolute Gasteiger partial charge is 0.475 e. The van der Waals surface area contributed by atoms with Crippen LogP contribution >= 0.6 is 15.6 Å². The van der Waals surface area contributed by atoms with Crippen LogP contribution in [0.3, 0.4) is 0 Å². The standard InChI is InChI=1S/C40H45N5O8P2/c1-41-39-38-40(43-31-42-39)45(32-44-38)24-14-23-37(29-52-54(46,48-25-33-15-6-2-7-16-33)49-26-34-17-8-3-9-18-34)30-53-55(47,50-27-35-19-10-4-11-20-35)51-28-36-21-12-5-13-22-36/h2-13,15-22,31-32,37H,14,23-30H2,1H3,(H,41,42,43). The number of aryl methyl sites for hydroxylation is 1. The molecule has 0 saturated heterocycles. The zero-order valence-corrected chi connectivity index (χ0v) is 32.4. The summed E-state index contributed by atoms with van der Waals surface area (Å²) in [6.07, 6.45) is 4.32. The van der Waals surface area contributed by atoms with Gasteiger partial charge < -0.3 is 9.88 Å². The number of phosphoric acid groups is 2. The van der Waals surface area contributed by atoms with Crippen LogP contribution in [0.2, 0.25) is 0 Å². The number of hydrogen-bond donors (Lipinski definition) is 1. The van der Waals surface area contributed by atoms with Gasteiger partial charge in [-0.1, -0.05) is 121 Å². The first kappa shape index (κ1) is 40.1. The molecule has 1 N–H and O–H groups in total. The second-order valence-electron chi connectivity index (χ2n) is 12.6. The lowest BCUT2D eigenvalue weighted by Gasteiger charge is -2.24. The Labute approximate surface area is 321 Å². The number of imidazole rings is 1. The Bertz CT molecular complexity index is 1930. The summed E-state index contributed by atoms with van der Waals surface area (Å²) in [6.45, 7) is 0.376. The molecule has 0 amide bonds. The lowest BCUT2D eigenvalue weighted by molar-refractivity contribution is 0.0594. The topological polar surface area (TPSA) is 145 Å². The number of benzene rings is 4. The van der Waals surface area contributed by atoms with Crippen molar-refractivity contribution in [3.8, 4) is 0 Å². The van der Waals surface area contributed by atoms with E-state index in [2.05, 4.69) is 20.3 Å².